The van der Waals surface area contributed by atoms with Crippen LogP contribution in [0.5, 0.6) is 5.75 Å². The summed E-state index contributed by atoms with van der Waals surface area (Å²) in [7, 11) is 0. The third-order valence-corrected chi connectivity index (χ3v) is 4.50. The molecule has 0 radical (unpaired) electrons. The van der Waals surface area contributed by atoms with Crippen LogP contribution >= 0.6 is 11.6 Å². The van der Waals surface area contributed by atoms with Crippen LogP contribution < -0.4 is 10.1 Å². The van der Waals surface area contributed by atoms with Gasteiger partial charge in [-0.25, -0.2) is 8.78 Å². The molecule has 1 atom stereocenters. The molecule has 1 aliphatic heterocycles. The lowest BCUT2D eigenvalue weighted by molar-refractivity contribution is 0.0907. The number of carbonyl (C=O) groups excluding carboxylic acids is 1. The van der Waals surface area contributed by atoms with E-state index in [2.05, 4.69) is 10.4 Å². The Hall–Kier alpha value is -2.15. The predicted octanol–water partition coefficient (Wildman–Crippen LogP) is 4.38. The van der Waals surface area contributed by atoms with E-state index in [4.69, 9.17) is 16.3 Å². The van der Waals surface area contributed by atoms with Gasteiger partial charge in [0.25, 0.3) is 12.3 Å². The van der Waals surface area contributed by atoms with E-state index >= 15 is 0 Å². The molecule has 1 amide bonds. The summed E-state index contributed by atoms with van der Waals surface area (Å²) in [5.74, 6) is 0.0799. The number of nitrogens with zero attached hydrogens (tertiary/aromatic N) is 2. The number of rotatable bonds is 5. The first kappa shape index (κ1) is 18.6. The van der Waals surface area contributed by atoms with Gasteiger partial charge in [-0.3, -0.25) is 9.48 Å². The smallest absolute Gasteiger partial charge is 0.280 e. The van der Waals surface area contributed by atoms with E-state index in [0.29, 0.717) is 30.3 Å². The Morgan fingerprint density at radius 1 is 1.46 bits per heavy atom. The molecule has 140 valence electrons. The lowest BCUT2D eigenvalue weighted by atomic mass is 10.00. The molecule has 2 heterocycles. The lowest BCUT2D eigenvalue weighted by Crippen LogP contribution is -2.32. The fraction of sp³-hybridized carbons (Fsp3) is 0.444. The van der Waals surface area contributed by atoms with Crippen LogP contribution in [-0.2, 0) is 6.54 Å². The number of nitrogens with one attached hydrogen (secondary N) is 1. The van der Waals surface area contributed by atoms with E-state index in [1.807, 2.05) is 19.9 Å². The predicted molar refractivity (Wildman–Crippen MR) is 93.8 cm³/mol. The van der Waals surface area contributed by atoms with Crippen LogP contribution in [0.3, 0.4) is 0 Å². The zero-order chi connectivity index (χ0) is 18.8. The zero-order valence-electron chi connectivity index (χ0n) is 14.5. The van der Waals surface area contributed by atoms with Crippen molar-refractivity contribution in [3.05, 3.63) is 46.2 Å². The number of ether oxygens (including phenoxy) is 1. The molecule has 5 nitrogen and oxygen atoms in total. The molecule has 26 heavy (non-hydrogen) atoms. The standard InChI is InChI=1S/C18H20ClF2N3O2/c1-10(2)9-24-15(17(20)21)12(8-22-24)18(25)23-14-6-7-26-16-11(14)4-3-5-13(16)19/h3-5,8,10,14,17H,6-7,9H2,1-2H3,(H,23,25)/t14-/m1/s1. The van der Waals surface area contributed by atoms with Crippen LogP contribution in [0.1, 0.15) is 54.4 Å². The molecule has 2 aromatic rings. The van der Waals surface area contributed by atoms with Crippen molar-refractivity contribution in [3.8, 4) is 5.75 Å². The molecule has 8 heteroatoms. The van der Waals surface area contributed by atoms with Gasteiger partial charge in [-0.1, -0.05) is 37.6 Å². The van der Waals surface area contributed by atoms with Crippen molar-refractivity contribution in [1.82, 2.24) is 15.1 Å². The van der Waals surface area contributed by atoms with Gasteiger partial charge in [0.2, 0.25) is 0 Å². The topological polar surface area (TPSA) is 56.2 Å². The minimum atomic E-state index is -2.78. The Morgan fingerprint density at radius 2 is 2.23 bits per heavy atom. The lowest BCUT2D eigenvalue weighted by Gasteiger charge is -2.27. The maximum absolute atomic E-state index is 13.5. The Morgan fingerprint density at radius 3 is 2.92 bits per heavy atom. The summed E-state index contributed by atoms with van der Waals surface area (Å²) in [5, 5.41) is 7.25. The minimum absolute atomic E-state index is 0.101. The summed E-state index contributed by atoms with van der Waals surface area (Å²) < 4.78 is 33.8. The second-order valence-corrected chi connectivity index (χ2v) is 7.05. The van der Waals surface area contributed by atoms with Crippen LogP contribution in [-0.4, -0.2) is 22.3 Å². The maximum Gasteiger partial charge on any atom is 0.280 e. The van der Waals surface area contributed by atoms with Crippen molar-refractivity contribution >= 4 is 17.5 Å². The summed E-state index contributed by atoms with van der Waals surface area (Å²) in [4.78, 5) is 12.7. The Bertz CT molecular complexity index is 808. The summed E-state index contributed by atoms with van der Waals surface area (Å²) in [5.41, 5.74) is 0.288. The SMILES string of the molecule is CC(C)Cn1ncc(C(=O)N[C@@H]2CCOc3c(Cl)cccc32)c1C(F)F. The first-order valence-corrected chi connectivity index (χ1v) is 8.82. The number of para-hydroxylation sites is 1. The third kappa shape index (κ3) is 3.67. The van der Waals surface area contributed by atoms with Gasteiger partial charge in [-0.15, -0.1) is 0 Å². The van der Waals surface area contributed by atoms with E-state index in [-0.39, 0.29) is 23.2 Å². The second-order valence-electron chi connectivity index (χ2n) is 6.64. The summed E-state index contributed by atoms with van der Waals surface area (Å²) in [6.07, 6.45) is -1.05. The summed E-state index contributed by atoms with van der Waals surface area (Å²) >= 11 is 6.13. The number of fused-ring (bicyclic) bond motifs is 1. The highest BCUT2D eigenvalue weighted by molar-refractivity contribution is 6.32. The summed E-state index contributed by atoms with van der Waals surface area (Å²) in [6.45, 7) is 4.51. The number of amides is 1. The number of hydrogen-bond donors (Lipinski definition) is 1. The van der Waals surface area contributed by atoms with Crippen LogP contribution in [0, 0.1) is 5.92 Å². The molecule has 3 rings (SSSR count). The normalized spacial score (nSPS) is 16.5. The monoisotopic (exact) mass is 383 g/mol. The molecule has 1 aromatic heterocycles. The first-order valence-electron chi connectivity index (χ1n) is 8.44. The van der Waals surface area contributed by atoms with Crippen LogP contribution in [0.25, 0.3) is 0 Å². The van der Waals surface area contributed by atoms with Crippen molar-refractivity contribution in [2.24, 2.45) is 5.92 Å². The van der Waals surface area contributed by atoms with E-state index < -0.39 is 12.3 Å². The molecule has 0 saturated heterocycles. The average molecular weight is 384 g/mol. The molecule has 1 aromatic carbocycles. The van der Waals surface area contributed by atoms with Crippen molar-refractivity contribution in [2.45, 2.75) is 39.3 Å². The maximum atomic E-state index is 13.5. The van der Waals surface area contributed by atoms with Gasteiger partial charge in [0, 0.05) is 18.5 Å². The molecular weight excluding hydrogens is 364 g/mol. The molecule has 1 aliphatic rings. The van der Waals surface area contributed by atoms with Gasteiger partial charge < -0.3 is 10.1 Å². The van der Waals surface area contributed by atoms with Crippen LogP contribution in [0.15, 0.2) is 24.4 Å². The molecule has 1 N–H and O–H groups in total. The second kappa shape index (κ2) is 7.61. The highest BCUT2D eigenvalue weighted by Crippen LogP contribution is 2.37. The molecule has 0 fully saturated rings. The van der Waals surface area contributed by atoms with Crippen LogP contribution in [0.4, 0.5) is 8.78 Å². The van der Waals surface area contributed by atoms with E-state index in [1.54, 1.807) is 12.1 Å². The number of carbonyl (C=O) groups is 1. The fourth-order valence-electron chi connectivity index (χ4n) is 3.06. The van der Waals surface area contributed by atoms with Crippen molar-refractivity contribution in [3.63, 3.8) is 0 Å². The van der Waals surface area contributed by atoms with Gasteiger partial charge >= 0.3 is 0 Å². The summed E-state index contributed by atoms with van der Waals surface area (Å²) in [6, 6.07) is 4.92. The van der Waals surface area contributed by atoms with E-state index in [9.17, 15) is 13.6 Å². The highest BCUT2D eigenvalue weighted by Gasteiger charge is 2.29. The number of aromatic nitrogens is 2. The molecule has 0 saturated carbocycles. The van der Waals surface area contributed by atoms with Gasteiger partial charge in [0.1, 0.15) is 11.4 Å². The fourth-order valence-corrected chi connectivity index (χ4v) is 3.30. The Kier molecular flexibility index (Phi) is 5.46. The number of benzene rings is 1. The Labute approximate surface area is 155 Å². The molecule has 0 bridgehead atoms. The molecule has 0 aliphatic carbocycles. The van der Waals surface area contributed by atoms with Crippen LogP contribution in [0.2, 0.25) is 5.02 Å². The molecule has 0 unspecified atom stereocenters. The first-order chi connectivity index (χ1) is 12.4. The van der Waals surface area contributed by atoms with E-state index in [1.165, 1.54) is 10.9 Å². The van der Waals surface area contributed by atoms with E-state index in [0.717, 1.165) is 5.56 Å². The molecular formula is C18H20ClF2N3O2. The number of halogens is 3. The van der Waals surface area contributed by atoms with Crippen molar-refractivity contribution in [2.75, 3.05) is 6.61 Å². The molecule has 0 spiro atoms. The van der Waals surface area contributed by atoms with Crippen molar-refractivity contribution < 1.29 is 18.3 Å². The largest absolute Gasteiger partial charge is 0.492 e. The Balaban J connectivity index is 1.86. The van der Waals surface area contributed by atoms with Crippen molar-refractivity contribution in [1.29, 1.82) is 0 Å². The minimum Gasteiger partial charge on any atom is -0.492 e. The van der Waals surface area contributed by atoms with Gasteiger partial charge in [0.05, 0.1) is 29.4 Å². The van der Waals surface area contributed by atoms with Gasteiger partial charge in [-0.2, -0.15) is 5.10 Å². The zero-order valence-corrected chi connectivity index (χ0v) is 15.3. The third-order valence-electron chi connectivity index (χ3n) is 4.20. The van der Waals surface area contributed by atoms with Gasteiger partial charge in [-0.05, 0) is 12.0 Å². The highest BCUT2D eigenvalue weighted by atomic mass is 35.5. The number of hydrogen-bond acceptors (Lipinski definition) is 3. The average Bonchev–Trinajstić information content (AvgIpc) is 2.99. The number of alkyl halides is 2. The quantitative estimate of drug-likeness (QED) is 0.833. The van der Waals surface area contributed by atoms with Gasteiger partial charge in [0.15, 0.2) is 0 Å².